The van der Waals surface area contributed by atoms with Crippen LogP contribution in [0.4, 0.5) is 0 Å². The topological polar surface area (TPSA) is 51.0 Å². The van der Waals surface area contributed by atoms with E-state index in [1.165, 1.54) is 0 Å². The third-order valence-electron chi connectivity index (χ3n) is 2.01. The van der Waals surface area contributed by atoms with Crippen LogP contribution in [0.2, 0.25) is 0 Å². The van der Waals surface area contributed by atoms with Crippen molar-refractivity contribution in [3.8, 4) is 0 Å². The summed E-state index contributed by atoms with van der Waals surface area (Å²) in [7, 11) is 1.91. The summed E-state index contributed by atoms with van der Waals surface area (Å²) in [6.07, 6.45) is 8.30. The van der Waals surface area contributed by atoms with Gasteiger partial charge in [0.15, 0.2) is 5.82 Å². The van der Waals surface area contributed by atoms with Crippen LogP contribution in [0.5, 0.6) is 0 Å². The molecule has 4 nitrogen and oxygen atoms in total. The fourth-order valence-electron chi connectivity index (χ4n) is 1.04. The molecule has 0 bridgehead atoms. The molecule has 1 atom stereocenters. The van der Waals surface area contributed by atoms with Gasteiger partial charge < -0.3 is 9.84 Å². The number of nitrogens with one attached hydrogen (secondary N) is 1. The van der Waals surface area contributed by atoms with Gasteiger partial charge in [-0.15, -0.1) is 0 Å². The summed E-state index contributed by atoms with van der Waals surface area (Å²) in [5, 5.41) is 7.01. The molecule has 0 radical (unpaired) electrons. The molecule has 1 unspecified atom stereocenters. The Morgan fingerprint density at radius 3 is 2.93 bits per heavy atom. The molecule has 0 aliphatic heterocycles. The van der Waals surface area contributed by atoms with Gasteiger partial charge in [-0.25, -0.2) is 0 Å². The molecular weight excluding hydrogens is 190 g/mol. The van der Waals surface area contributed by atoms with E-state index in [0.29, 0.717) is 11.9 Å². The second-order valence-corrected chi connectivity index (χ2v) is 3.33. The van der Waals surface area contributed by atoms with Crippen molar-refractivity contribution in [1.29, 1.82) is 0 Å². The highest BCUT2D eigenvalue weighted by Crippen LogP contribution is 2.02. The lowest BCUT2D eigenvalue weighted by Gasteiger charge is -2.04. The van der Waals surface area contributed by atoms with Crippen molar-refractivity contribution in [3.05, 3.63) is 29.9 Å². The highest BCUT2D eigenvalue weighted by atomic mass is 16.5. The Hall–Kier alpha value is -1.42. The Balaban J connectivity index is 2.56. The zero-order chi connectivity index (χ0) is 11.1. The van der Waals surface area contributed by atoms with E-state index in [-0.39, 0.29) is 0 Å². The van der Waals surface area contributed by atoms with E-state index in [9.17, 15) is 0 Å². The average molecular weight is 207 g/mol. The summed E-state index contributed by atoms with van der Waals surface area (Å²) in [5.41, 5.74) is 0. The van der Waals surface area contributed by atoms with E-state index in [0.717, 1.165) is 12.2 Å². The minimum absolute atomic E-state index is 0.356. The fourth-order valence-corrected chi connectivity index (χ4v) is 1.04. The third kappa shape index (κ3) is 4.08. The summed E-state index contributed by atoms with van der Waals surface area (Å²) in [5.74, 6) is 1.28. The quantitative estimate of drug-likeness (QED) is 0.748. The lowest BCUT2D eigenvalue weighted by Crippen LogP contribution is -2.24. The fraction of sp³-hybridized carbons (Fsp3) is 0.455. The molecule has 1 rings (SSSR count). The average Bonchev–Trinajstić information content (AvgIpc) is 2.66. The summed E-state index contributed by atoms with van der Waals surface area (Å²) >= 11 is 0. The maximum atomic E-state index is 5.05. The van der Waals surface area contributed by atoms with Gasteiger partial charge in [-0.05, 0) is 20.9 Å². The van der Waals surface area contributed by atoms with Crippen LogP contribution in [0.1, 0.15) is 25.6 Å². The predicted octanol–water partition coefficient (Wildman–Crippen LogP) is 1.81. The van der Waals surface area contributed by atoms with Crippen molar-refractivity contribution in [2.75, 3.05) is 7.05 Å². The van der Waals surface area contributed by atoms with Crippen LogP contribution in [0.25, 0.3) is 6.08 Å². The van der Waals surface area contributed by atoms with Gasteiger partial charge >= 0.3 is 0 Å². The monoisotopic (exact) mass is 207 g/mol. The number of likely N-dealkylation sites (N-methyl/N-ethyl adjacent to an activating group) is 1. The van der Waals surface area contributed by atoms with Crippen molar-refractivity contribution in [1.82, 2.24) is 15.5 Å². The number of rotatable bonds is 5. The molecule has 0 amide bonds. The molecule has 1 N–H and O–H groups in total. The Morgan fingerprint density at radius 2 is 2.27 bits per heavy atom. The molecule has 4 heteroatoms. The number of aromatic nitrogens is 2. The van der Waals surface area contributed by atoms with Crippen LogP contribution in [-0.4, -0.2) is 23.2 Å². The van der Waals surface area contributed by atoms with Gasteiger partial charge in [-0.2, -0.15) is 4.98 Å². The minimum atomic E-state index is 0.356. The van der Waals surface area contributed by atoms with Gasteiger partial charge in [-0.1, -0.05) is 23.4 Å². The molecule has 0 aliphatic carbocycles. The molecule has 15 heavy (non-hydrogen) atoms. The Bertz CT molecular complexity index is 341. The molecule has 1 aromatic rings. The molecular formula is C11H17N3O. The number of hydrogen-bond acceptors (Lipinski definition) is 4. The van der Waals surface area contributed by atoms with Gasteiger partial charge in [0.05, 0.1) is 0 Å². The first-order valence-corrected chi connectivity index (χ1v) is 5.05. The third-order valence-corrected chi connectivity index (χ3v) is 2.01. The minimum Gasteiger partial charge on any atom is -0.335 e. The maximum absolute atomic E-state index is 5.05. The Morgan fingerprint density at radius 1 is 1.47 bits per heavy atom. The van der Waals surface area contributed by atoms with Crippen molar-refractivity contribution in [3.63, 3.8) is 0 Å². The molecule has 0 aromatic carbocycles. The molecule has 82 valence electrons. The smallest absolute Gasteiger partial charge is 0.250 e. The summed E-state index contributed by atoms with van der Waals surface area (Å²) in [6.45, 7) is 4.03. The zero-order valence-corrected chi connectivity index (χ0v) is 9.40. The molecule has 1 heterocycles. The first-order valence-electron chi connectivity index (χ1n) is 5.05. The van der Waals surface area contributed by atoms with Crippen LogP contribution in [0.15, 0.2) is 22.8 Å². The molecule has 0 aliphatic rings. The van der Waals surface area contributed by atoms with Crippen LogP contribution in [0, 0.1) is 0 Å². The lowest BCUT2D eigenvalue weighted by atomic mass is 10.2. The van der Waals surface area contributed by atoms with E-state index < -0.39 is 0 Å². The van der Waals surface area contributed by atoms with E-state index in [1.54, 1.807) is 6.08 Å². The van der Waals surface area contributed by atoms with Crippen molar-refractivity contribution in [2.24, 2.45) is 0 Å². The first kappa shape index (κ1) is 11.7. The molecule has 0 fully saturated rings. The summed E-state index contributed by atoms with van der Waals surface area (Å²) in [4.78, 5) is 4.23. The van der Waals surface area contributed by atoms with Gasteiger partial charge in [-0.3, -0.25) is 0 Å². The van der Waals surface area contributed by atoms with E-state index in [4.69, 9.17) is 4.52 Å². The van der Waals surface area contributed by atoms with E-state index >= 15 is 0 Å². The predicted molar refractivity (Wildman–Crippen MR) is 60.4 cm³/mol. The largest absolute Gasteiger partial charge is 0.335 e. The van der Waals surface area contributed by atoms with Crippen molar-refractivity contribution >= 4 is 6.08 Å². The SMILES string of the molecule is C/C=C/C=C/c1nc(CC(C)NC)no1. The number of hydrogen-bond donors (Lipinski definition) is 1. The second kappa shape index (κ2) is 6.14. The highest BCUT2D eigenvalue weighted by Gasteiger charge is 2.06. The molecule has 1 aromatic heterocycles. The second-order valence-electron chi connectivity index (χ2n) is 3.33. The normalized spacial score (nSPS) is 14.1. The lowest BCUT2D eigenvalue weighted by molar-refractivity contribution is 0.399. The van der Waals surface area contributed by atoms with Crippen LogP contribution in [0.3, 0.4) is 0 Å². The maximum Gasteiger partial charge on any atom is 0.250 e. The van der Waals surface area contributed by atoms with E-state index in [2.05, 4.69) is 22.4 Å². The van der Waals surface area contributed by atoms with Crippen molar-refractivity contribution in [2.45, 2.75) is 26.3 Å². The Labute approximate surface area is 90.1 Å². The van der Waals surface area contributed by atoms with Gasteiger partial charge in [0.25, 0.3) is 5.89 Å². The standard InChI is InChI=1S/C11H17N3O/c1-4-5-6-7-11-13-10(14-15-11)8-9(2)12-3/h4-7,9,12H,8H2,1-3H3/b5-4+,7-6+. The molecule has 0 saturated heterocycles. The molecule has 0 spiro atoms. The van der Waals surface area contributed by atoms with Crippen LogP contribution >= 0.6 is 0 Å². The van der Waals surface area contributed by atoms with Gasteiger partial charge in [0.1, 0.15) is 0 Å². The van der Waals surface area contributed by atoms with E-state index in [1.807, 2.05) is 32.2 Å². The van der Waals surface area contributed by atoms with Crippen LogP contribution in [-0.2, 0) is 6.42 Å². The summed E-state index contributed by atoms with van der Waals surface area (Å²) < 4.78 is 5.05. The van der Waals surface area contributed by atoms with Gasteiger partial charge in [0.2, 0.25) is 0 Å². The zero-order valence-electron chi connectivity index (χ0n) is 9.40. The Kier molecular flexibility index (Phi) is 4.77. The first-order chi connectivity index (χ1) is 7.26. The van der Waals surface area contributed by atoms with Gasteiger partial charge in [0, 0.05) is 18.5 Å². The number of allylic oxidation sites excluding steroid dienone is 3. The number of nitrogens with zero attached hydrogens (tertiary/aromatic N) is 2. The van der Waals surface area contributed by atoms with Crippen molar-refractivity contribution < 1.29 is 4.52 Å². The highest BCUT2D eigenvalue weighted by molar-refractivity contribution is 5.40. The molecule has 0 saturated carbocycles. The van der Waals surface area contributed by atoms with Crippen LogP contribution < -0.4 is 5.32 Å². The summed E-state index contributed by atoms with van der Waals surface area (Å²) in [6, 6.07) is 0.356.